The average molecular weight is 475 g/mol. The first-order valence-electron chi connectivity index (χ1n) is 11.2. The van der Waals surface area contributed by atoms with E-state index in [4.69, 9.17) is 16.7 Å². The van der Waals surface area contributed by atoms with Crippen molar-refractivity contribution in [2.24, 2.45) is 5.92 Å². The second kappa shape index (κ2) is 11.6. The summed E-state index contributed by atoms with van der Waals surface area (Å²) in [6, 6.07) is 20.4. The topological polar surface area (TPSA) is 37.3 Å². The summed E-state index contributed by atoms with van der Waals surface area (Å²) in [7, 11) is 0. The van der Waals surface area contributed by atoms with Crippen molar-refractivity contribution in [3.63, 3.8) is 0 Å². The minimum Gasteiger partial charge on any atom is -0.478 e. The van der Waals surface area contributed by atoms with Crippen molar-refractivity contribution in [3.8, 4) is 0 Å². The fourth-order valence-corrected chi connectivity index (χ4v) is 4.05. The Morgan fingerprint density at radius 3 is 2.32 bits per heavy atom. The van der Waals surface area contributed by atoms with E-state index in [0.29, 0.717) is 10.9 Å². The van der Waals surface area contributed by atoms with E-state index in [1.165, 1.54) is 12.1 Å². The zero-order valence-corrected chi connectivity index (χ0v) is 20.3. The van der Waals surface area contributed by atoms with Crippen molar-refractivity contribution in [2.45, 2.75) is 27.2 Å². The summed E-state index contributed by atoms with van der Waals surface area (Å²) in [6.45, 7) is 6.35. The molecule has 3 aromatic rings. The summed E-state index contributed by atoms with van der Waals surface area (Å²) in [5.74, 6) is -1.02. The molecule has 0 spiro atoms. The Morgan fingerprint density at radius 1 is 1.00 bits per heavy atom. The summed E-state index contributed by atoms with van der Waals surface area (Å²) in [6.07, 6.45) is 7.60. The summed E-state index contributed by atoms with van der Waals surface area (Å²) >= 11 is 6.51. The van der Waals surface area contributed by atoms with Gasteiger partial charge in [-0.2, -0.15) is 0 Å². The lowest BCUT2D eigenvalue weighted by Gasteiger charge is -2.18. The second-order valence-corrected chi connectivity index (χ2v) is 9.01. The number of carboxylic acid groups (broad SMARTS) is 1. The van der Waals surface area contributed by atoms with Gasteiger partial charge >= 0.3 is 5.97 Å². The van der Waals surface area contributed by atoms with Crippen LogP contribution in [-0.2, 0) is 4.79 Å². The van der Waals surface area contributed by atoms with Gasteiger partial charge in [0.25, 0.3) is 0 Å². The van der Waals surface area contributed by atoms with Gasteiger partial charge in [0.2, 0.25) is 0 Å². The van der Waals surface area contributed by atoms with Crippen LogP contribution in [0, 0.1) is 18.7 Å². The summed E-state index contributed by atoms with van der Waals surface area (Å²) in [4.78, 5) is 10.9. The average Bonchev–Trinajstić information content (AvgIpc) is 2.79. The summed E-state index contributed by atoms with van der Waals surface area (Å²) < 4.78 is 13.8. The molecule has 0 atom stereocenters. The number of rotatable bonds is 8. The lowest BCUT2D eigenvalue weighted by molar-refractivity contribution is -0.131. The number of allylic oxidation sites excluding steroid dienone is 3. The van der Waals surface area contributed by atoms with E-state index in [-0.39, 0.29) is 5.82 Å². The van der Waals surface area contributed by atoms with Gasteiger partial charge in [-0.3, -0.25) is 0 Å². The SMILES string of the molecule is Cc1ccccc1/C=C/C(=C(\CC(C)C)c1ccc(F)cc1Cl)c1ccc(/C=C/C(=O)O)cc1. The van der Waals surface area contributed by atoms with Gasteiger partial charge in [0, 0.05) is 6.08 Å². The van der Waals surface area contributed by atoms with Crippen molar-refractivity contribution in [1.82, 2.24) is 0 Å². The van der Waals surface area contributed by atoms with Crippen LogP contribution in [0.5, 0.6) is 0 Å². The zero-order valence-electron chi connectivity index (χ0n) is 19.6. The second-order valence-electron chi connectivity index (χ2n) is 8.60. The number of benzene rings is 3. The molecular formula is C30H28ClFO2. The van der Waals surface area contributed by atoms with Crippen molar-refractivity contribution < 1.29 is 14.3 Å². The van der Waals surface area contributed by atoms with Crippen LogP contribution in [0.15, 0.2) is 78.9 Å². The predicted molar refractivity (Wildman–Crippen MR) is 141 cm³/mol. The first-order valence-corrected chi connectivity index (χ1v) is 11.6. The molecule has 0 unspecified atom stereocenters. The maximum Gasteiger partial charge on any atom is 0.328 e. The summed E-state index contributed by atoms with van der Waals surface area (Å²) in [5, 5.41) is 9.28. The monoisotopic (exact) mass is 474 g/mol. The Kier molecular flexibility index (Phi) is 8.61. The highest BCUT2D eigenvalue weighted by Gasteiger charge is 2.15. The van der Waals surface area contributed by atoms with Gasteiger partial charge in [-0.25, -0.2) is 9.18 Å². The van der Waals surface area contributed by atoms with Crippen LogP contribution in [0.25, 0.3) is 23.3 Å². The minimum atomic E-state index is -0.990. The van der Waals surface area contributed by atoms with Gasteiger partial charge in [0.05, 0.1) is 5.02 Å². The molecule has 0 aliphatic rings. The molecule has 174 valence electrons. The number of hydrogen-bond donors (Lipinski definition) is 1. The van der Waals surface area contributed by atoms with E-state index in [9.17, 15) is 9.18 Å². The highest BCUT2D eigenvalue weighted by Crippen LogP contribution is 2.37. The number of hydrogen-bond acceptors (Lipinski definition) is 1. The van der Waals surface area contributed by atoms with E-state index < -0.39 is 5.97 Å². The first-order chi connectivity index (χ1) is 16.2. The molecule has 1 N–H and O–H groups in total. The number of aliphatic carboxylic acids is 1. The Morgan fingerprint density at radius 2 is 1.71 bits per heavy atom. The number of carboxylic acids is 1. The quantitative estimate of drug-likeness (QED) is 0.202. The minimum absolute atomic E-state index is 0.343. The molecule has 3 rings (SSSR count). The molecule has 0 aliphatic heterocycles. The predicted octanol–water partition coefficient (Wildman–Crippen LogP) is 8.56. The molecular weight excluding hydrogens is 447 g/mol. The Labute approximate surface area is 205 Å². The van der Waals surface area contributed by atoms with E-state index in [1.54, 1.807) is 12.1 Å². The first kappa shape index (κ1) is 25.2. The summed E-state index contributed by atoms with van der Waals surface area (Å²) in [5.41, 5.74) is 6.84. The number of carbonyl (C=O) groups is 1. The van der Waals surface area contributed by atoms with Crippen molar-refractivity contribution >= 4 is 40.9 Å². The van der Waals surface area contributed by atoms with Crippen molar-refractivity contribution in [2.75, 3.05) is 0 Å². The maximum absolute atomic E-state index is 13.8. The van der Waals surface area contributed by atoms with Crippen molar-refractivity contribution in [1.29, 1.82) is 0 Å². The molecule has 34 heavy (non-hydrogen) atoms. The van der Waals surface area contributed by atoms with Crippen molar-refractivity contribution in [3.05, 3.63) is 118 Å². The molecule has 0 aromatic heterocycles. The molecule has 2 nitrogen and oxygen atoms in total. The highest BCUT2D eigenvalue weighted by molar-refractivity contribution is 6.32. The van der Waals surface area contributed by atoms with Gasteiger partial charge < -0.3 is 5.11 Å². The Bertz CT molecular complexity index is 1250. The third-order valence-corrected chi connectivity index (χ3v) is 5.76. The fourth-order valence-electron chi connectivity index (χ4n) is 3.77. The molecule has 0 bridgehead atoms. The third-order valence-electron chi connectivity index (χ3n) is 5.45. The molecule has 4 heteroatoms. The van der Waals surface area contributed by atoms with Crippen LogP contribution in [0.3, 0.4) is 0 Å². The lowest BCUT2D eigenvalue weighted by atomic mass is 9.88. The largest absolute Gasteiger partial charge is 0.478 e. The van der Waals surface area contributed by atoms with Crippen LogP contribution >= 0.6 is 11.6 Å². The van der Waals surface area contributed by atoms with Crippen LogP contribution < -0.4 is 0 Å². The van der Waals surface area contributed by atoms with Gasteiger partial charge in [0.1, 0.15) is 5.82 Å². The maximum atomic E-state index is 13.8. The van der Waals surface area contributed by atoms with Crippen LogP contribution in [0.2, 0.25) is 5.02 Å². The van der Waals surface area contributed by atoms with E-state index in [1.807, 2.05) is 36.4 Å². The van der Waals surface area contributed by atoms with E-state index in [2.05, 4.69) is 45.1 Å². The van der Waals surface area contributed by atoms with E-state index in [0.717, 1.165) is 51.5 Å². The van der Waals surface area contributed by atoms with E-state index >= 15 is 0 Å². The highest BCUT2D eigenvalue weighted by atomic mass is 35.5. The number of aryl methyl sites for hydroxylation is 1. The number of halogens is 2. The molecule has 0 saturated heterocycles. The Hall–Kier alpha value is -3.43. The smallest absolute Gasteiger partial charge is 0.328 e. The lowest BCUT2D eigenvalue weighted by Crippen LogP contribution is -1.98. The standard InChI is InChI=1S/C30H28ClFO2/c1-20(2)18-28(27-16-14-25(32)19-29(27)31)26(15-13-23-7-5-4-6-21(23)3)24-11-8-22(9-12-24)10-17-30(33)34/h4-17,19-20H,18H2,1-3H3,(H,33,34)/b15-13+,17-10+,28-26-. The van der Waals surface area contributed by atoms with Crippen LogP contribution in [0.4, 0.5) is 4.39 Å². The molecule has 0 saturated carbocycles. The van der Waals surface area contributed by atoms with Crippen LogP contribution in [0.1, 0.15) is 48.1 Å². The van der Waals surface area contributed by atoms with Gasteiger partial charge in [-0.05, 0) is 76.4 Å². The fraction of sp³-hybridized carbons (Fsp3) is 0.167. The zero-order chi connectivity index (χ0) is 24.7. The molecule has 0 fully saturated rings. The van der Waals surface area contributed by atoms with Gasteiger partial charge in [-0.15, -0.1) is 0 Å². The third kappa shape index (κ3) is 6.79. The molecule has 0 aliphatic carbocycles. The van der Waals surface area contributed by atoms with Crippen LogP contribution in [-0.4, -0.2) is 11.1 Å². The molecule has 0 heterocycles. The Balaban J connectivity index is 2.21. The van der Waals surface area contributed by atoms with Gasteiger partial charge in [0.15, 0.2) is 0 Å². The molecule has 0 amide bonds. The molecule has 0 radical (unpaired) electrons. The normalized spacial score (nSPS) is 12.5. The van der Waals surface area contributed by atoms with Gasteiger partial charge in [-0.1, -0.05) is 92.2 Å². The molecule has 3 aromatic carbocycles.